The van der Waals surface area contributed by atoms with Crippen molar-refractivity contribution in [3.05, 3.63) is 84.2 Å². The van der Waals surface area contributed by atoms with E-state index in [1.165, 1.54) is 0 Å². The molecule has 0 aliphatic heterocycles. The molecule has 0 atom stereocenters. The first kappa shape index (κ1) is 18.9. The average Bonchev–Trinajstić information content (AvgIpc) is 3.25. The monoisotopic (exact) mass is 376 g/mol. The van der Waals surface area contributed by atoms with Gasteiger partial charge in [0.05, 0.1) is 22.9 Å². The van der Waals surface area contributed by atoms with Crippen molar-refractivity contribution in [1.29, 1.82) is 0 Å². The first-order valence-electron chi connectivity index (χ1n) is 8.54. The summed E-state index contributed by atoms with van der Waals surface area (Å²) in [6, 6.07) is 17.7. The highest BCUT2D eigenvalue weighted by Crippen LogP contribution is 2.15. The standard InChI is InChI=1S/C21H19N3O4/c1-15(16-8-10-17(11-9-16)28-14-20(25)26)22-23-21(27)18-6-2-3-7-19(18)24-12-4-5-13-24/h2-13H,14H2,1H3,(H,23,27)(H,25,26)/p-1/b22-15-. The molecule has 0 saturated carbocycles. The van der Waals surface area contributed by atoms with Crippen molar-refractivity contribution in [2.45, 2.75) is 6.92 Å². The van der Waals surface area contributed by atoms with Gasteiger partial charge in [-0.2, -0.15) is 5.10 Å². The van der Waals surface area contributed by atoms with Crippen LogP contribution in [0.1, 0.15) is 22.8 Å². The third kappa shape index (κ3) is 4.64. The summed E-state index contributed by atoms with van der Waals surface area (Å²) in [5, 5.41) is 14.6. The highest BCUT2D eigenvalue weighted by atomic mass is 16.5. The molecule has 1 N–H and O–H groups in total. The van der Waals surface area contributed by atoms with Crippen LogP contribution in [0.5, 0.6) is 5.75 Å². The molecule has 1 aromatic heterocycles. The average molecular weight is 376 g/mol. The van der Waals surface area contributed by atoms with E-state index in [2.05, 4.69) is 10.5 Å². The first-order valence-corrected chi connectivity index (χ1v) is 8.54. The van der Waals surface area contributed by atoms with E-state index in [-0.39, 0.29) is 5.91 Å². The molecule has 28 heavy (non-hydrogen) atoms. The summed E-state index contributed by atoms with van der Waals surface area (Å²) in [5.74, 6) is -1.20. The Balaban J connectivity index is 1.70. The smallest absolute Gasteiger partial charge is 0.273 e. The molecule has 7 heteroatoms. The minimum absolute atomic E-state index is 0.322. The lowest BCUT2D eigenvalue weighted by molar-refractivity contribution is -0.307. The number of aromatic nitrogens is 1. The lowest BCUT2D eigenvalue weighted by Crippen LogP contribution is -2.28. The Morgan fingerprint density at radius 1 is 1.04 bits per heavy atom. The number of amides is 1. The van der Waals surface area contributed by atoms with Gasteiger partial charge in [-0.05, 0) is 61.0 Å². The summed E-state index contributed by atoms with van der Waals surface area (Å²) >= 11 is 0. The van der Waals surface area contributed by atoms with E-state index in [0.717, 1.165) is 11.3 Å². The highest BCUT2D eigenvalue weighted by Gasteiger charge is 2.11. The molecule has 0 saturated heterocycles. The molecule has 0 fully saturated rings. The molecule has 2 aromatic carbocycles. The molecular formula is C21H18N3O4-. The number of nitrogens with one attached hydrogen (secondary N) is 1. The summed E-state index contributed by atoms with van der Waals surface area (Å²) in [7, 11) is 0. The van der Waals surface area contributed by atoms with Crippen LogP contribution in [0.25, 0.3) is 5.69 Å². The van der Waals surface area contributed by atoms with Crippen molar-refractivity contribution in [3.8, 4) is 11.4 Å². The van der Waals surface area contributed by atoms with Crippen LogP contribution in [0.4, 0.5) is 0 Å². The second-order valence-electron chi connectivity index (χ2n) is 5.93. The predicted octanol–water partition coefficient (Wildman–Crippen LogP) is 1.76. The number of aliphatic carboxylic acids is 1. The molecule has 0 aliphatic rings. The first-order chi connectivity index (χ1) is 13.5. The number of carbonyl (C=O) groups excluding carboxylic acids is 2. The quantitative estimate of drug-likeness (QED) is 0.502. The number of para-hydroxylation sites is 1. The fourth-order valence-corrected chi connectivity index (χ4v) is 2.58. The van der Waals surface area contributed by atoms with Gasteiger partial charge in [0.1, 0.15) is 12.4 Å². The summed E-state index contributed by atoms with van der Waals surface area (Å²) in [4.78, 5) is 23.0. The third-order valence-corrected chi connectivity index (χ3v) is 3.99. The largest absolute Gasteiger partial charge is 0.546 e. The van der Waals surface area contributed by atoms with Crippen LogP contribution < -0.4 is 15.3 Å². The minimum Gasteiger partial charge on any atom is -0.546 e. The summed E-state index contributed by atoms with van der Waals surface area (Å²) in [6.45, 7) is 1.25. The van der Waals surface area contributed by atoms with E-state index in [1.54, 1.807) is 43.3 Å². The zero-order chi connectivity index (χ0) is 19.9. The van der Waals surface area contributed by atoms with Crippen LogP contribution in [0.2, 0.25) is 0 Å². The number of carbonyl (C=O) groups is 2. The highest BCUT2D eigenvalue weighted by molar-refractivity contribution is 6.02. The number of hydrogen-bond acceptors (Lipinski definition) is 5. The van der Waals surface area contributed by atoms with Gasteiger partial charge in [-0.25, -0.2) is 5.43 Å². The van der Waals surface area contributed by atoms with Crippen molar-refractivity contribution >= 4 is 17.6 Å². The van der Waals surface area contributed by atoms with Crippen molar-refractivity contribution in [3.63, 3.8) is 0 Å². The fourth-order valence-electron chi connectivity index (χ4n) is 2.58. The molecule has 1 amide bonds. The van der Waals surface area contributed by atoms with Crippen LogP contribution in [0, 0.1) is 0 Å². The second kappa shape index (κ2) is 8.68. The Morgan fingerprint density at radius 2 is 1.71 bits per heavy atom. The zero-order valence-electron chi connectivity index (χ0n) is 15.2. The molecule has 0 radical (unpaired) electrons. The molecule has 7 nitrogen and oxygen atoms in total. The zero-order valence-corrected chi connectivity index (χ0v) is 15.2. The normalized spacial score (nSPS) is 11.1. The van der Waals surface area contributed by atoms with Crippen LogP contribution in [0.3, 0.4) is 0 Å². The van der Waals surface area contributed by atoms with Crippen LogP contribution in [0.15, 0.2) is 78.2 Å². The van der Waals surface area contributed by atoms with Gasteiger partial charge in [0.2, 0.25) is 0 Å². The molecule has 0 spiro atoms. The number of benzene rings is 2. The van der Waals surface area contributed by atoms with Gasteiger partial charge in [0, 0.05) is 12.4 Å². The third-order valence-electron chi connectivity index (χ3n) is 3.99. The van der Waals surface area contributed by atoms with Gasteiger partial charge in [-0.1, -0.05) is 12.1 Å². The number of rotatable bonds is 7. The molecule has 3 rings (SSSR count). The summed E-state index contributed by atoms with van der Waals surface area (Å²) in [5.41, 5.74) is 5.19. The topological polar surface area (TPSA) is 95.8 Å². The van der Waals surface area contributed by atoms with E-state index in [0.29, 0.717) is 17.0 Å². The lowest BCUT2D eigenvalue weighted by Gasteiger charge is -2.10. The molecule has 0 unspecified atom stereocenters. The Labute approximate surface area is 161 Å². The van der Waals surface area contributed by atoms with E-state index in [4.69, 9.17) is 4.74 Å². The molecule has 3 aromatic rings. The minimum atomic E-state index is -1.29. The molecule has 1 heterocycles. The number of nitrogens with zero attached hydrogens (tertiary/aromatic N) is 2. The number of carboxylic acids is 1. The molecular weight excluding hydrogens is 358 g/mol. The Bertz CT molecular complexity index is 993. The summed E-state index contributed by atoms with van der Waals surface area (Å²) in [6.07, 6.45) is 3.73. The van der Waals surface area contributed by atoms with E-state index >= 15 is 0 Å². The maximum absolute atomic E-state index is 12.6. The van der Waals surface area contributed by atoms with Gasteiger partial charge in [-0.3, -0.25) is 4.79 Å². The van der Waals surface area contributed by atoms with Crippen LogP contribution in [-0.4, -0.2) is 28.8 Å². The van der Waals surface area contributed by atoms with Crippen molar-refractivity contribution in [2.75, 3.05) is 6.61 Å². The van der Waals surface area contributed by atoms with Gasteiger partial charge in [0.15, 0.2) is 0 Å². The SMILES string of the molecule is C/C(=N/NC(=O)c1ccccc1-n1cccc1)c1ccc(OCC(=O)[O-])cc1. The number of hydrazone groups is 1. The molecule has 0 bridgehead atoms. The summed E-state index contributed by atoms with van der Waals surface area (Å²) < 4.78 is 6.89. The van der Waals surface area contributed by atoms with E-state index < -0.39 is 12.6 Å². The van der Waals surface area contributed by atoms with Gasteiger partial charge < -0.3 is 19.2 Å². The number of carboxylic acid groups (broad SMARTS) is 1. The second-order valence-corrected chi connectivity index (χ2v) is 5.93. The maximum Gasteiger partial charge on any atom is 0.273 e. The van der Waals surface area contributed by atoms with Crippen molar-refractivity contribution < 1.29 is 19.4 Å². The van der Waals surface area contributed by atoms with Crippen LogP contribution in [-0.2, 0) is 4.79 Å². The Hall–Kier alpha value is -3.87. The van der Waals surface area contributed by atoms with Crippen molar-refractivity contribution in [1.82, 2.24) is 9.99 Å². The van der Waals surface area contributed by atoms with Gasteiger partial charge in [0.25, 0.3) is 5.91 Å². The van der Waals surface area contributed by atoms with Gasteiger partial charge >= 0.3 is 0 Å². The number of hydrogen-bond donors (Lipinski definition) is 1. The predicted molar refractivity (Wildman–Crippen MR) is 102 cm³/mol. The number of ether oxygens (including phenoxy) is 1. The van der Waals surface area contributed by atoms with Gasteiger partial charge in [-0.15, -0.1) is 0 Å². The molecule has 142 valence electrons. The maximum atomic E-state index is 12.6. The van der Waals surface area contributed by atoms with Crippen molar-refractivity contribution in [2.24, 2.45) is 5.10 Å². The fraction of sp³-hybridized carbons (Fsp3) is 0.0952. The van der Waals surface area contributed by atoms with Crippen LogP contribution >= 0.6 is 0 Å². The molecule has 0 aliphatic carbocycles. The van der Waals surface area contributed by atoms with E-state index in [1.807, 2.05) is 41.2 Å². The van der Waals surface area contributed by atoms with E-state index in [9.17, 15) is 14.7 Å². The Kier molecular flexibility index (Phi) is 5.86. The lowest BCUT2D eigenvalue weighted by atomic mass is 10.1. The Morgan fingerprint density at radius 3 is 2.39 bits per heavy atom.